The standard InChI is InChI=1S/C9H7BrFN/c1-6-7(5-12)2-3-9(11)8(6)4-10/h2-3H,4H2,1H3. The number of hydrogen-bond donors (Lipinski definition) is 0. The summed E-state index contributed by atoms with van der Waals surface area (Å²) in [4.78, 5) is 0. The molecule has 0 unspecified atom stereocenters. The largest absolute Gasteiger partial charge is 0.207 e. The highest BCUT2D eigenvalue weighted by atomic mass is 79.9. The second kappa shape index (κ2) is 3.68. The number of benzene rings is 1. The zero-order chi connectivity index (χ0) is 9.14. The number of nitriles is 1. The van der Waals surface area contributed by atoms with Gasteiger partial charge in [-0.25, -0.2) is 4.39 Å². The van der Waals surface area contributed by atoms with E-state index >= 15 is 0 Å². The van der Waals surface area contributed by atoms with E-state index in [-0.39, 0.29) is 5.82 Å². The van der Waals surface area contributed by atoms with E-state index in [1.165, 1.54) is 12.1 Å². The molecule has 1 aromatic carbocycles. The lowest BCUT2D eigenvalue weighted by Gasteiger charge is -2.04. The van der Waals surface area contributed by atoms with Gasteiger partial charge in [-0.1, -0.05) is 15.9 Å². The first-order valence-corrected chi connectivity index (χ1v) is 4.57. The Bertz CT molecular complexity index is 341. The molecule has 62 valence electrons. The average Bonchev–Trinajstić information content (AvgIpc) is 2.06. The zero-order valence-electron chi connectivity index (χ0n) is 6.56. The van der Waals surface area contributed by atoms with Gasteiger partial charge >= 0.3 is 0 Å². The number of rotatable bonds is 1. The number of hydrogen-bond acceptors (Lipinski definition) is 1. The third-order valence-corrected chi connectivity index (χ3v) is 2.36. The fourth-order valence-electron chi connectivity index (χ4n) is 1.01. The molecular formula is C9H7BrFN. The lowest BCUT2D eigenvalue weighted by atomic mass is 10.0. The van der Waals surface area contributed by atoms with Crippen LogP contribution in [0, 0.1) is 24.1 Å². The van der Waals surface area contributed by atoms with Crippen molar-refractivity contribution in [2.75, 3.05) is 0 Å². The van der Waals surface area contributed by atoms with Crippen molar-refractivity contribution in [3.63, 3.8) is 0 Å². The van der Waals surface area contributed by atoms with E-state index in [0.29, 0.717) is 16.5 Å². The smallest absolute Gasteiger partial charge is 0.127 e. The molecule has 1 rings (SSSR count). The molecule has 0 aliphatic rings. The van der Waals surface area contributed by atoms with Gasteiger partial charge in [-0.3, -0.25) is 0 Å². The highest BCUT2D eigenvalue weighted by Crippen LogP contribution is 2.19. The summed E-state index contributed by atoms with van der Waals surface area (Å²) in [6.07, 6.45) is 0. The van der Waals surface area contributed by atoms with Crippen LogP contribution in [0.5, 0.6) is 0 Å². The van der Waals surface area contributed by atoms with Crippen molar-refractivity contribution in [2.24, 2.45) is 0 Å². The first kappa shape index (κ1) is 9.21. The third-order valence-electron chi connectivity index (χ3n) is 1.80. The summed E-state index contributed by atoms with van der Waals surface area (Å²) < 4.78 is 13.0. The predicted octanol–water partition coefficient (Wildman–Crippen LogP) is 2.90. The molecule has 0 heterocycles. The molecular weight excluding hydrogens is 221 g/mol. The maximum absolute atomic E-state index is 13.0. The molecule has 0 saturated heterocycles. The minimum atomic E-state index is -0.261. The van der Waals surface area contributed by atoms with E-state index in [1.54, 1.807) is 6.92 Å². The average molecular weight is 228 g/mol. The molecule has 1 aromatic rings. The summed E-state index contributed by atoms with van der Waals surface area (Å²) in [6.45, 7) is 1.75. The summed E-state index contributed by atoms with van der Waals surface area (Å²) in [6, 6.07) is 4.83. The first-order valence-electron chi connectivity index (χ1n) is 3.44. The Labute approximate surface area is 79.0 Å². The van der Waals surface area contributed by atoms with Crippen LogP contribution in [0.25, 0.3) is 0 Å². The molecule has 0 aromatic heterocycles. The van der Waals surface area contributed by atoms with Gasteiger partial charge in [-0.15, -0.1) is 0 Å². The Morgan fingerprint density at radius 1 is 1.58 bits per heavy atom. The van der Waals surface area contributed by atoms with E-state index in [0.717, 1.165) is 5.56 Å². The molecule has 0 bridgehead atoms. The fraction of sp³-hybridized carbons (Fsp3) is 0.222. The van der Waals surface area contributed by atoms with Crippen molar-refractivity contribution >= 4 is 15.9 Å². The Balaban J connectivity index is 3.36. The maximum atomic E-state index is 13.0. The molecule has 0 atom stereocenters. The van der Waals surface area contributed by atoms with Crippen LogP contribution < -0.4 is 0 Å². The SMILES string of the molecule is Cc1c(C#N)ccc(F)c1CBr. The Hall–Kier alpha value is -0.880. The topological polar surface area (TPSA) is 23.8 Å². The monoisotopic (exact) mass is 227 g/mol. The van der Waals surface area contributed by atoms with Gasteiger partial charge in [-0.05, 0) is 24.6 Å². The van der Waals surface area contributed by atoms with Gasteiger partial charge in [0.05, 0.1) is 11.6 Å². The van der Waals surface area contributed by atoms with Crippen LogP contribution >= 0.6 is 15.9 Å². The first-order chi connectivity index (χ1) is 5.70. The minimum absolute atomic E-state index is 0.261. The second-order valence-corrected chi connectivity index (χ2v) is 3.00. The lowest BCUT2D eigenvalue weighted by molar-refractivity contribution is 0.616. The van der Waals surface area contributed by atoms with E-state index in [1.807, 2.05) is 6.07 Å². The van der Waals surface area contributed by atoms with Crippen molar-refractivity contribution < 1.29 is 4.39 Å². The summed E-state index contributed by atoms with van der Waals surface area (Å²) >= 11 is 3.17. The van der Waals surface area contributed by atoms with Crippen LogP contribution in [0.1, 0.15) is 16.7 Å². The summed E-state index contributed by atoms with van der Waals surface area (Å²) in [5, 5.41) is 9.09. The van der Waals surface area contributed by atoms with E-state index in [4.69, 9.17) is 5.26 Å². The van der Waals surface area contributed by atoms with Gasteiger partial charge in [0.1, 0.15) is 5.82 Å². The van der Waals surface area contributed by atoms with E-state index < -0.39 is 0 Å². The van der Waals surface area contributed by atoms with Crippen molar-refractivity contribution in [3.8, 4) is 6.07 Å². The Morgan fingerprint density at radius 3 is 2.75 bits per heavy atom. The molecule has 0 amide bonds. The quantitative estimate of drug-likeness (QED) is 0.678. The summed E-state index contributed by atoms with van der Waals surface area (Å²) in [7, 11) is 0. The molecule has 0 saturated carbocycles. The molecule has 0 N–H and O–H groups in total. The van der Waals surface area contributed by atoms with Gasteiger partial charge in [0.2, 0.25) is 0 Å². The molecule has 0 fully saturated rings. The van der Waals surface area contributed by atoms with Crippen molar-refractivity contribution in [3.05, 3.63) is 34.6 Å². The second-order valence-electron chi connectivity index (χ2n) is 2.44. The highest BCUT2D eigenvalue weighted by molar-refractivity contribution is 9.08. The van der Waals surface area contributed by atoms with Crippen LogP contribution in [-0.2, 0) is 5.33 Å². The maximum Gasteiger partial charge on any atom is 0.127 e. The Kier molecular flexibility index (Phi) is 2.83. The minimum Gasteiger partial charge on any atom is -0.207 e. The third kappa shape index (κ3) is 1.49. The molecule has 0 spiro atoms. The summed E-state index contributed by atoms with van der Waals surface area (Å²) in [5.74, 6) is -0.261. The van der Waals surface area contributed by atoms with Crippen LogP contribution in [0.4, 0.5) is 4.39 Å². The molecule has 12 heavy (non-hydrogen) atoms. The van der Waals surface area contributed by atoms with Crippen LogP contribution in [0.15, 0.2) is 12.1 Å². The Morgan fingerprint density at radius 2 is 2.25 bits per heavy atom. The van der Waals surface area contributed by atoms with Gasteiger partial charge in [0.15, 0.2) is 0 Å². The number of alkyl halides is 1. The van der Waals surface area contributed by atoms with Crippen LogP contribution in [0.2, 0.25) is 0 Å². The molecule has 1 nitrogen and oxygen atoms in total. The highest BCUT2D eigenvalue weighted by Gasteiger charge is 2.07. The van der Waals surface area contributed by atoms with Crippen molar-refractivity contribution in [1.29, 1.82) is 5.26 Å². The summed E-state index contributed by atoms with van der Waals surface area (Å²) in [5.41, 5.74) is 1.81. The van der Waals surface area contributed by atoms with E-state index in [2.05, 4.69) is 15.9 Å². The van der Waals surface area contributed by atoms with Crippen molar-refractivity contribution in [2.45, 2.75) is 12.3 Å². The van der Waals surface area contributed by atoms with Gasteiger partial charge in [0, 0.05) is 10.9 Å². The van der Waals surface area contributed by atoms with Crippen LogP contribution in [0.3, 0.4) is 0 Å². The molecule has 0 aliphatic carbocycles. The van der Waals surface area contributed by atoms with Crippen molar-refractivity contribution in [1.82, 2.24) is 0 Å². The van der Waals surface area contributed by atoms with Gasteiger partial charge < -0.3 is 0 Å². The van der Waals surface area contributed by atoms with E-state index in [9.17, 15) is 4.39 Å². The van der Waals surface area contributed by atoms with Gasteiger partial charge in [0.25, 0.3) is 0 Å². The fourth-order valence-corrected chi connectivity index (χ4v) is 1.70. The zero-order valence-corrected chi connectivity index (χ0v) is 8.15. The normalized spacial score (nSPS) is 9.50. The predicted molar refractivity (Wildman–Crippen MR) is 48.5 cm³/mol. The lowest BCUT2D eigenvalue weighted by Crippen LogP contribution is -1.93. The molecule has 3 heteroatoms. The molecule has 0 aliphatic heterocycles. The number of nitrogens with zero attached hydrogens (tertiary/aromatic N) is 1. The molecule has 0 radical (unpaired) electrons. The van der Waals surface area contributed by atoms with Crippen LogP contribution in [-0.4, -0.2) is 0 Å². The van der Waals surface area contributed by atoms with Gasteiger partial charge in [-0.2, -0.15) is 5.26 Å². The number of halogens is 2.